The third kappa shape index (κ3) is 3.71. The number of pyridine rings is 1. The molecular formula is C23H19F7N4O2. The lowest BCUT2D eigenvalue weighted by molar-refractivity contribution is -0.347. The Morgan fingerprint density at radius 2 is 1.75 bits per heavy atom. The van der Waals surface area contributed by atoms with Crippen molar-refractivity contribution in [1.82, 2.24) is 19.7 Å². The van der Waals surface area contributed by atoms with Gasteiger partial charge in [0.05, 0.1) is 6.54 Å². The Kier molecular flexibility index (Phi) is 5.36. The summed E-state index contributed by atoms with van der Waals surface area (Å²) in [4.78, 5) is 7.51. The number of benzene rings is 1. The maximum Gasteiger partial charge on any atom is 0.422 e. The van der Waals surface area contributed by atoms with Crippen LogP contribution in [0.2, 0.25) is 0 Å². The fourth-order valence-corrected chi connectivity index (χ4v) is 5.53. The van der Waals surface area contributed by atoms with Crippen molar-refractivity contribution in [3.8, 4) is 5.88 Å². The zero-order valence-corrected chi connectivity index (χ0v) is 18.4. The van der Waals surface area contributed by atoms with Gasteiger partial charge in [0.2, 0.25) is 5.88 Å². The SMILES string of the molecule is OC(Cn1cncn1)(c1ccc(F)cc1F)C(F)(F)C12CC(c3ccc(OCC(F)(F)F)nc3)(C1)C2. The second-order valence-corrected chi connectivity index (χ2v) is 9.53. The molecule has 0 aliphatic heterocycles. The van der Waals surface area contributed by atoms with Gasteiger partial charge in [0, 0.05) is 29.3 Å². The zero-order valence-electron chi connectivity index (χ0n) is 18.4. The van der Waals surface area contributed by atoms with Gasteiger partial charge in [-0.2, -0.15) is 18.3 Å². The van der Waals surface area contributed by atoms with Crippen molar-refractivity contribution in [2.75, 3.05) is 6.61 Å². The summed E-state index contributed by atoms with van der Waals surface area (Å²) < 4.78 is 103. The quantitative estimate of drug-likeness (QED) is 0.446. The fourth-order valence-electron chi connectivity index (χ4n) is 5.53. The molecule has 0 spiro atoms. The molecule has 3 aliphatic rings. The lowest BCUT2D eigenvalue weighted by Gasteiger charge is -2.74. The van der Waals surface area contributed by atoms with Crippen molar-refractivity contribution < 1.29 is 40.6 Å². The molecule has 0 amide bonds. The normalized spacial score (nSPS) is 25.0. The van der Waals surface area contributed by atoms with E-state index in [4.69, 9.17) is 0 Å². The number of hydrogen-bond donors (Lipinski definition) is 1. The minimum absolute atomic E-state index is 0.0695. The van der Waals surface area contributed by atoms with E-state index in [0.717, 1.165) is 29.5 Å². The maximum atomic E-state index is 16.1. The predicted octanol–water partition coefficient (Wildman–Crippen LogP) is 4.54. The van der Waals surface area contributed by atoms with Crippen molar-refractivity contribution in [2.24, 2.45) is 5.41 Å². The first-order valence-electron chi connectivity index (χ1n) is 10.8. The third-order valence-electron chi connectivity index (χ3n) is 7.18. The van der Waals surface area contributed by atoms with Gasteiger partial charge in [-0.15, -0.1) is 0 Å². The van der Waals surface area contributed by atoms with Gasteiger partial charge >= 0.3 is 6.18 Å². The Morgan fingerprint density at radius 1 is 1.03 bits per heavy atom. The summed E-state index contributed by atoms with van der Waals surface area (Å²) in [6, 6.07) is 4.72. The minimum atomic E-state index is -4.53. The lowest BCUT2D eigenvalue weighted by atomic mass is 9.30. The molecule has 1 atom stereocenters. The first kappa shape index (κ1) is 24.5. The molecule has 6 nitrogen and oxygen atoms in total. The Balaban J connectivity index is 1.39. The molecule has 2 aromatic heterocycles. The maximum absolute atomic E-state index is 16.1. The van der Waals surface area contributed by atoms with E-state index in [1.54, 1.807) is 0 Å². The summed E-state index contributed by atoms with van der Waals surface area (Å²) in [5.41, 5.74) is -5.68. The van der Waals surface area contributed by atoms with Crippen LogP contribution in [0.5, 0.6) is 5.88 Å². The molecule has 3 saturated carbocycles. The van der Waals surface area contributed by atoms with Gasteiger partial charge in [-0.3, -0.25) is 0 Å². The van der Waals surface area contributed by atoms with E-state index in [9.17, 15) is 27.1 Å². The molecule has 0 saturated heterocycles. The van der Waals surface area contributed by atoms with Crippen molar-refractivity contribution >= 4 is 0 Å². The number of nitrogens with zero attached hydrogens (tertiary/aromatic N) is 4. The highest BCUT2D eigenvalue weighted by molar-refractivity contribution is 5.42. The Morgan fingerprint density at radius 3 is 2.31 bits per heavy atom. The topological polar surface area (TPSA) is 73.1 Å². The van der Waals surface area contributed by atoms with E-state index in [0.29, 0.717) is 11.6 Å². The molecule has 36 heavy (non-hydrogen) atoms. The molecule has 3 aliphatic carbocycles. The number of ether oxygens (including phenoxy) is 1. The molecule has 6 rings (SSSR count). The van der Waals surface area contributed by atoms with E-state index in [2.05, 4.69) is 19.8 Å². The zero-order chi connectivity index (χ0) is 26.0. The number of alkyl halides is 5. The Labute approximate surface area is 199 Å². The van der Waals surface area contributed by atoms with E-state index >= 15 is 8.78 Å². The van der Waals surface area contributed by atoms with Crippen molar-refractivity contribution in [3.05, 3.63) is 71.9 Å². The van der Waals surface area contributed by atoms with Crippen LogP contribution < -0.4 is 4.74 Å². The van der Waals surface area contributed by atoms with Crippen LogP contribution in [-0.4, -0.2) is 43.6 Å². The van der Waals surface area contributed by atoms with Crippen LogP contribution >= 0.6 is 0 Å². The van der Waals surface area contributed by atoms with Crippen LogP contribution in [0.25, 0.3) is 0 Å². The molecule has 3 aromatic rings. The van der Waals surface area contributed by atoms with Gasteiger partial charge < -0.3 is 9.84 Å². The average Bonchev–Trinajstić information content (AvgIpc) is 3.23. The number of hydrogen-bond acceptors (Lipinski definition) is 5. The highest BCUT2D eigenvalue weighted by atomic mass is 19.4. The van der Waals surface area contributed by atoms with Crippen LogP contribution in [0.15, 0.2) is 49.2 Å². The van der Waals surface area contributed by atoms with Crippen molar-refractivity contribution in [1.29, 1.82) is 0 Å². The third-order valence-corrected chi connectivity index (χ3v) is 7.18. The van der Waals surface area contributed by atoms with Gasteiger partial charge in [0.25, 0.3) is 5.92 Å². The second kappa shape index (κ2) is 7.89. The van der Waals surface area contributed by atoms with Crippen molar-refractivity contribution in [3.63, 3.8) is 0 Å². The van der Waals surface area contributed by atoms with Gasteiger partial charge in [0.1, 0.15) is 24.3 Å². The molecule has 0 radical (unpaired) electrons. The second-order valence-electron chi connectivity index (χ2n) is 9.53. The molecule has 192 valence electrons. The fraction of sp³-hybridized carbons (Fsp3) is 0.435. The molecule has 3 fully saturated rings. The number of halogens is 7. The van der Waals surface area contributed by atoms with Crippen LogP contribution in [-0.2, 0) is 17.6 Å². The molecular weight excluding hydrogens is 497 g/mol. The Hall–Kier alpha value is -3.22. The minimum Gasteiger partial charge on any atom is -0.468 e. The summed E-state index contributed by atoms with van der Waals surface area (Å²) >= 11 is 0. The van der Waals surface area contributed by atoms with Gasteiger partial charge in [-0.1, -0.05) is 6.07 Å². The molecule has 1 aromatic carbocycles. The number of rotatable bonds is 8. The first-order chi connectivity index (χ1) is 16.8. The molecule has 2 heterocycles. The molecule has 13 heteroatoms. The van der Waals surface area contributed by atoms with Crippen LogP contribution in [0.3, 0.4) is 0 Å². The van der Waals surface area contributed by atoms with Crippen LogP contribution in [0, 0.1) is 17.0 Å². The highest BCUT2D eigenvalue weighted by Crippen LogP contribution is 2.80. The summed E-state index contributed by atoms with van der Waals surface area (Å²) in [7, 11) is 0. The summed E-state index contributed by atoms with van der Waals surface area (Å²) in [6.07, 6.45) is -1.28. The Bertz CT molecular complexity index is 1240. The van der Waals surface area contributed by atoms with E-state index in [-0.39, 0.29) is 25.1 Å². The highest BCUT2D eigenvalue weighted by Gasteiger charge is 2.82. The molecule has 1 unspecified atom stereocenters. The van der Waals surface area contributed by atoms with Gasteiger partial charge in [-0.05, 0) is 42.4 Å². The van der Waals surface area contributed by atoms with E-state index < -0.39 is 58.9 Å². The average molecular weight is 516 g/mol. The van der Waals surface area contributed by atoms with E-state index in [1.165, 1.54) is 18.3 Å². The van der Waals surface area contributed by atoms with Gasteiger partial charge in [-0.25, -0.2) is 32.2 Å². The van der Waals surface area contributed by atoms with Crippen LogP contribution in [0.1, 0.15) is 30.4 Å². The number of aliphatic hydroxyl groups is 1. The van der Waals surface area contributed by atoms with Crippen LogP contribution in [0.4, 0.5) is 30.7 Å². The first-order valence-corrected chi connectivity index (χ1v) is 10.8. The molecule has 1 N–H and O–H groups in total. The van der Waals surface area contributed by atoms with E-state index in [1.807, 2.05) is 0 Å². The standard InChI is InChI=1S/C23H19F7N4O2/c24-15-2-3-16(17(25)5-15)21(35,10-34-13-31-12-33-34)23(29,30)20-7-19(8-20,9-20)14-1-4-18(32-6-14)36-11-22(26,27)28/h1-6,12-13,35H,7-11H2. The number of aromatic nitrogens is 4. The summed E-state index contributed by atoms with van der Waals surface area (Å²) in [6.45, 7) is -2.34. The monoisotopic (exact) mass is 516 g/mol. The molecule has 2 bridgehead atoms. The lowest BCUT2D eigenvalue weighted by Crippen LogP contribution is -2.76. The summed E-state index contributed by atoms with van der Waals surface area (Å²) in [5, 5.41) is 15.1. The summed E-state index contributed by atoms with van der Waals surface area (Å²) in [5.74, 6) is -6.42. The van der Waals surface area contributed by atoms with Gasteiger partial charge in [0.15, 0.2) is 12.2 Å². The largest absolute Gasteiger partial charge is 0.468 e. The smallest absolute Gasteiger partial charge is 0.422 e. The predicted molar refractivity (Wildman–Crippen MR) is 109 cm³/mol. The van der Waals surface area contributed by atoms with Crippen molar-refractivity contribution in [2.45, 2.75) is 48.9 Å².